The number of aromatic amines is 1. The zero-order chi connectivity index (χ0) is 34.5. The topological polar surface area (TPSA) is 140 Å². The number of hydrogen-bond acceptors (Lipinski definition) is 8. The Labute approximate surface area is 273 Å². The molecule has 0 bridgehead atoms. The van der Waals surface area contributed by atoms with Crippen LogP contribution in [0.4, 0.5) is 22.0 Å². The van der Waals surface area contributed by atoms with E-state index in [0.717, 1.165) is 62.7 Å². The van der Waals surface area contributed by atoms with E-state index < -0.39 is 62.0 Å². The first-order chi connectivity index (χ1) is 22.3. The molecule has 1 aliphatic rings. The average Bonchev–Trinajstić information content (AvgIpc) is 3.38. The molecule has 3 rings (SSSR count). The number of benzene rings is 1. The number of rotatable bonds is 21. The molecule has 266 valence electrons. The van der Waals surface area contributed by atoms with Gasteiger partial charge in [0, 0.05) is 12.2 Å². The lowest BCUT2D eigenvalue weighted by Crippen LogP contribution is -2.46. The van der Waals surface area contributed by atoms with Crippen molar-refractivity contribution >= 4 is 19.6 Å². The van der Waals surface area contributed by atoms with Crippen LogP contribution in [0.5, 0.6) is 0 Å². The maximum Gasteiger partial charge on any atom is 0.472 e. The minimum atomic E-state index is -5.29. The Morgan fingerprint density at radius 1 is 0.979 bits per heavy atom. The zero-order valence-electron chi connectivity index (χ0n) is 25.8. The van der Waals surface area contributed by atoms with Crippen LogP contribution in [0.2, 0.25) is 0 Å². The summed E-state index contributed by atoms with van der Waals surface area (Å²) in [7, 11) is -5.26. The molecule has 3 N–H and O–H groups in total. The molecular formula is C30H42F5N2O8PS. The third-order valence-corrected chi connectivity index (χ3v) is 9.67. The summed E-state index contributed by atoms with van der Waals surface area (Å²) >= 11 is 1.42. The van der Waals surface area contributed by atoms with E-state index in [1.54, 1.807) is 4.98 Å². The van der Waals surface area contributed by atoms with E-state index in [4.69, 9.17) is 9.26 Å². The van der Waals surface area contributed by atoms with Crippen molar-refractivity contribution in [3.63, 3.8) is 0 Å². The van der Waals surface area contributed by atoms with Gasteiger partial charge in [-0.05, 0) is 42.7 Å². The van der Waals surface area contributed by atoms with Crippen molar-refractivity contribution in [3.05, 3.63) is 68.5 Å². The second kappa shape index (κ2) is 19.2. The van der Waals surface area contributed by atoms with E-state index in [0.29, 0.717) is 10.8 Å². The molecule has 1 saturated heterocycles. The highest BCUT2D eigenvalue weighted by molar-refractivity contribution is 7.99. The Balaban J connectivity index is 1.25. The number of ether oxygens (including phenoxy) is 1. The van der Waals surface area contributed by atoms with Gasteiger partial charge in [-0.15, -0.1) is 0 Å². The van der Waals surface area contributed by atoms with Gasteiger partial charge in [0.15, 0.2) is 6.10 Å². The normalized spacial score (nSPS) is 20.4. The number of thioether (sulfide) groups is 1. The SMILES string of the molecule is O=c1[nH]c(=O)n([C@H]2C[C@H](O)[C@@H]([C@H](OP(=O)(O)OCCSCCCCCCCCCCCCc3ccc(F)cc3)C(F)(F)F)O2)cc1F. The Morgan fingerprint density at radius 3 is 2.19 bits per heavy atom. The summed E-state index contributed by atoms with van der Waals surface area (Å²) in [5, 5.41) is 10.2. The number of phosphoric ester groups is 1. The standard InChI is InChI=1S/C30H42F5N2O8PS/c31-22-14-12-21(13-15-22)11-9-7-5-3-1-2-4-6-8-10-17-47-18-16-43-46(41,42)45-27(30(33,34)35)26-24(38)19-25(44-26)37-20-23(32)28(39)36-29(37)40/h12-15,20,24-27,38H,1-11,16-19H2,(H,41,42)(H,36,39,40)/t24-,25+,26-,27-/m0/s1. The van der Waals surface area contributed by atoms with Gasteiger partial charge >= 0.3 is 19.7 Å². The number of aliphatic hydroxyl groups excluding tert-OH is 1. The minimum absolute atomic E-state index is 0.214. The molecule has 0 spiro atoms. The van der Waals surface area contributed by atoms with Crippen molar-refractivity contribution in [2.75, 3.05) is 18.1 Å². The first-order valence-corrected chi connectivity index (χ1v) is 18.3. The van der Waals surface area contributed by atoms with Gasteiger partial charge in [0.25, 0.3) is 5.56 Å². The molecule has 5 atom stereocenters. The quantitative estimate of drug-likeness (QED) is 0.0761. The molecular weight excluding hydrogens is 674 g/mol. The minimum Gasteiger partial charge on any atom is -0.390 e. The molecule has 2 heterocycles. The van der Waals surface area contributed by atoms with E-state index in [9.17, 15) is 46.1 Å². The highest BCUT2D eigenvalue weighted by Gasteiger charge is 2.55. The summed E-state index contributed by atoms with van der Waals surface area (Å²) < 4.78 is 94.9. The number of aliphatic hydroxyl groups is 1. The summed E-state index contributed by atoms with van der Waals surface area (Å²) in [6, 6.07) is 6.64. The van der Waals surface area contributed by atoms with Gasteiger partial charge in [-0.25, -0.2) is 13.8 Å². The number of nitrogens with zero attached hydrogens (tertiary/aromatic N) is 1. The highest BCUT2D eigenvalue weighted by Crippen LogP contribution is 2.50. The number of phosphoric acid groups is 1. The van der Waals surface area contributed by atoms with Crippen LogP contribution in [-0.2, 0) is 24.8 Å². The lowest BCUT2D eigenvalue weighted by atomic mass is 10.0. The smallest absolute Gasteiger partial charge is 0.390 e. The van der Waals surface area contributed by atoms with Crippen LogP contribution in [0.15, 0.2) is 40.1 Å². The molecule has 0 radical (unpaired) electrons. The Kier molecular flexibility index (Phi) is 16.1. The van der Waals surface area contributed by atoms with Crippen molar-refractivity contribution in [1.29, 1.82) is 0 Å². The van der Waals surface area contributed by atoms with Gasteiger partial charge in [0.1, 0.15) is 18.1 Å². The van der Waals surface area contributed by atoms with Crippen LogP contribution >= 0.6 is 19.6 Å². The first kappa shape index (κ1) is 39.4. The monoisotopic (exact) mass is 716 g/mol. The Morgan fingerprint density at radius 2 is 1.57 bits per heavy atom. The summed E-state index contributed by atoms with van der Waals surface area (Å²) in [6.07, 6.45) is -2.30. The number of alkyl halides is 3. The zero-order valence-corrected chi connectivity index (χ0v) is 27.6. The lowest BCUT2D eigenvalue weighted by Gasteiger charge is -2.28. The van der Waals surface area contributed by atoms with Crippen molar-refractivity contribution in [2.24, 2.45) is 0 Å². The Bertz CT molecular complexity index is 1390. The van der Waals surface area contributed by atoms with Gasteiger partial charge in [0.2, 0.25) is 5.82 Å². The molecule has 1 unspecified atom stereocenters. The van der Waals surface area contributed by atoms with Crippen LogP contribution in [0.3, 0.4) is 0 Å². The van der Waals surface area contributed by atoms with Crippen LogP contribution in [0.25, 0.3) is 0 Å². The molecule has 47 heavy (non-hydrogen) atoms. The molecule has 0 amide bonds. The van der Waals surface area contributed by atoms with Crippen molar-refractivity contribution < 1.29 is 50.3 Å². The number of hydrogen-bond donors (Lipinski definition) is 3. The number of unbranched alkanes of at least 4 members (excludes halogenated alkanes) is 9. The van der Waals surface area contributed by atoms with Gasteiger partial charge in [-0.2, -0.15) is 29.3 Å². The fourth-order valence-corrected chi connectivity index (χ4v) is 7.03. The van der Waals surface area contributed by atoms with Gasteiger partial charge in [-0.1, -0.05) is 63.5 Å². The lowest BCUT2D eigenvalue weighted by molar-refractivity contribution is -0.240. The van der Waals surface area contributed by atoms with E-state index in [2.05, 4.69) is 4.52 Å². The molecule has 1 aromatic carbocycles. The predicted octanol–water partition coefficient (Wildman–Crippen LogP) is 6.40. The highest BCUT2D eigenvalue weighted by atomic mass is 32.2. The number of aromatic nitrogens is 2. The maximum atomic E-state index is 13.8. The molecule has 17 heteroatoms. The van der Waals surface area contributed by atoms with Crippen molar-refractivity contribution in [3.8, 4) is 0 Å². The molecule has 0 aliphatic carbocycles. The van der Waals surface area contributed by atoms with Crippen LogP contribution in [0, 0.1) is 11.6 Å². The van der Waals surface area contributed by atoms with E-state index in [1.165, 1.54) is 43.2 Å². The second-order valence-electron chi connectivity index (χ2n) is 11.4. The van der Waals surface area contributed by atoms with E-state index in [-0.39, 0.29) is 18.2 Å². The molecule has 2 aromatic rings. The van der Waals surface area contributed by atoms with Gasteiger partial charge < -0.3 is 14.7 Å². The van der Waals surface area contributed by atoms with E-state index in [1.807, 2.05) is 12.1 Å². The number of H-pyrrole nitrogens is 1. The second-order valence-corrected chi connectivity index (χ2v) is 14.0. The fourth-order valence-electron chi connectivity index (χ4n) is 5.19. The van der Waals surface area contributed by atoms with Crippen molar-refractivity contribution in [1.82, 2.24) is 9.55 Å². The predicted molar refractivity (Wildman–Crippen MR) is 166 cm³/mol. The summed E-state index contributed by atoms with van der Waals surface area (Å²) in [6.45, 7) is -0.365. The van der Waals surface area contributed by atoms with Gasteiger partial charge in [-0.3, -0.25) is 23.4 Å². The first-order valence-electron chi connectivity index (χ1n) is 15.7. The average molecular weight is 717 g/mol. The third-order valence-electron chi connectivity index (χ3n) is 7.64. The largest absolute Gasteiger partial charge is 0.472 e. The molecule has 0 saturated carbocycles. The Hall–Kier alpha value is -2.07. The van der Waals surface area contributed by atoms with Crippen LogP contribution < -0.4 is 11.2 Å². The number of nitrogens with one attached hydrogen (secondary N) is 1. The molecule has 1 aliphatic heterocycles. The number of halogens is 5. The summed E-state index contributed by atoms with van der Waals surface area (Å²) in [5.74, 6) is -0.644. The fraction of sp³-hybridized carbons (Fsp3) is 0.667. The number of aryl methyl sites for hydroxylation is 1. The molecule has 1 aromatic heterocycles. The maximum absolute atomic E-state index is 13.8. The van der Waals surface area contributed by atoms with Crippen LogP contribution in [-0.4, -0.2) is 62.2 Å². The van der Waals surface area contributed by atoms with Crippen molar-refractivity contribution in [2.45, 2.75) is 108 Å². The molecule has 10 nitrogen and oxygen atoms in total. The van der Waals surface area contributed by atoms with E-state index >= 15 is 0 Å². The van der Waals surface area contributed by atoms with Crippen LogP contribution in [0.1, 0.15) is 82.4 Å². The third kappa shape index (κ3) is 13.8. The van der Waals surface area contributed by atoms with Gasteiger partial charge in [0.05, 0.1) is 18.9 Å². The summed E-state index contributed by atoms with van der Waals surface area (Å²) in [5.41, 5.74) is -1.38. The molecule has 1 fully saturated rings. The summed E-state index contributed by atoms with van der Waals surface area (Å²) in [4.78, 5) is 34.8.